The summed E-state index contributed by atoms with van der Waals surface area (Å²) in [5.74, 6) is -0.368. The molecule has 1 heterocycles. The Morgan fingerprint density at radius 2 is 2.08 bits per heavy atom. The summed E-state index contributed by atoms with van der Waals surface area (Å²) in [5.41, 5.74) is 6.18. The summed E-state index contributed by atoms with van der Waals surface area (Å²) in [6.45, 7) is 0.180. The number of ether oxygens (including phenoxy) is 1. The molecule has 0 fully saturated rings. The summed E-state index contributed by atoms with van der Waals surface area (Å²) in [6, 6.07) is 2.46. The number of benzene rings is 1. The number of ketones is 1. The Bertz CT molecular complexity index is 750. The van der Waals surface area contributed by atoms with Crippen molar-refractivity contribution in [1.82, 2.24) is 9.97 Å². The van der Waals surface area contributed by atoms with Gasteiger partial charge in [-0.25, -0.2) is 4.98 Å². The summed E-state index contributed by atoms with van der Waals surface area (Å²) in [4.78, 5) is 29.7. The van der Waals surface area contributed by atoms with Crippen LogP contribution in [-0.2, 0) is 4.79 Å². The number of carbonyl (C=O) groups is 2. The fraction of sp³-hybridized carbons (Fsp3) is 0.312. The van der Waals surface area contributed by atoms with Crippen LogP contribution in [0.2, 0.25) is 10.0 Å². The van der Waals surface area contributed by atoms with Crippen LogP contribution < -0.4 is 10.5 Å². The lowest BCUT2D eigenvalue weighted by Crippen LogP contribution is -2.17. The molecule has 0 amide bonds. The number of aromatic nitrogens is 2. The number of nitrogens with zero attached hydrogens (tertiary/aromatic N) is 1. The van der Waals surface area contributed by atoms with Crippen molar-refractivity contribution >= 4 is 35.0 Å². The number of H-pyrrole nitrogens is 1. The minimum absolute atomic E-state index is 0.00735. The molecule has 0 saturated heterocycles. The normalized spacial score (nSPS) is 12.0. The van der Waals surface area contributed by atoms with Crippen molar-refractivity contribution in [3.8, 4) is 5.75 Å². The van der Waals surface area contributed by atoms with Gasteiger partial charge in [0.15, 0.2) is 5.78 Å². The van der Waals surface area contributed by atoms with E-state index in [-0.39, 0.29) is 40.8 Å². The van der Waals surface area contributed by atoms with Crippen molar-refractivity contribution in [1.29, 1.82) is 0 Å². The molecule has 134 valence electrons. The maximum atomic E-state index is 12.4. The fourth-order valence-electron chi connectivity index (χ4n) is 2.15. The Hall–Kier alpha value is -2.09. The molecule has 2 aromatic rings. The first-order chi connectivity index (χ1) is 11.9. The highest BCUT2D eigenvalue weighted by atomic mass is 35.5. The van der Waals surface area contributed by atoms with E-state index in [2.05, 4.69) is 9.97 Å². The molecule has 25 heavy (non-hydrogen) atoms. The first kappa shape index (κ1) is 19.2. The molecular formula is C16H17Cl2N3O4. The number of Topliss-reactive ketones (excluding diaryl/α,β-unsaturated/α-hetero) is 1. The largest absolute Gasteiger partial charge is 0.492 e. The molecule has 0 unspecified atom stereocenters. The second kappa shape index (κ2) is 8.84. The van der Waals surface area contributed by atoms with E-state index in [0.717, 1.165) is 0 Å². The molecule has 1 atom stereocenters. The summed E-state index contributed by atoms with van der Waals surface area (Å²) in [5, 5.41) is 8.77. The van der Waals surface area contributed by atoms with Gasteiger partial charge in [0.2, 0.25) is 0 Å². The Morgan fingerprint density at radius 1 is 1.32 bits per heavy atom. The van der Waals surface area contributed by atoms with Gasteiger partial charge in [-0.2, -0.15) is 0 Å². The average molecular weight is 386 g/mol. The predicted octanol–water partition coefficient (Wildman–Crippen LogP) is 3.23. The van der Waals surface area contributed by atoms with Crippen LogP contribution in [0.25, 0.3) is 0 Å². The number of nitrogens with one attached hydrogen (secondary N) is 1. The van der Waals surface area contributed by atoms with E-state index in [1.165, 1.54) is 12.1 Å². The van der Waals surface area contributed by atoms with E-state index in [9.17, 15) is 9.59 Å². The summed E-state index contributed by atoms with van der Waals surface area (Å²) < 4.78 is 5.41. The van der Waals surface area contributed by atoms with Gasteiger partial charge in [0.05, 0.1) is 17.7 Å². The van der Waals surface area contributed by atoms with Crippen LogP contribution in [0, 0.1) is 0 Å². The van der Waals surface area contributed by atoms with Crippen LogP contribution in [0.4, 0.5) is 0 Å². The van der Waals surface area contributed by atoms with Gasteiger partial charge in [0.1, 0.15) is 16.6 Å². The third-order valence-corrected chi connectivity index (χ3v) is 4.28. The molecule has 0 bridgehead atoms. The van der Waals surface area contributed by atoms with Gasteiger partial charge in [-0.1, -0.05) is 23.2 Å². The van der Waals surface area contributed by atoms with Gasteiger partial charge in [0.25, 0.3) is 0 Å². The number of aromatic amines is 1. The second-order valence-electron chi connectivity index (χ2n) is 5.29. The Kier molecular flexibility index (Phi) is 6.81. The number of carboxylic acids is 1. The SMILES string of the molecule is N[C@@H](CC(=O)c1ccc(OCCCC(=O)O)c(Cl)c1Cl)c1ncc[nH]1. The molecule has 2 rings (SSSR count). The monoisotopic (exact) mass is 385 g/mol. The van der Waals surface area contributed by atoms with Crippen molar-refractivity contribution in [2.75, 3.05) is 6.61 Å². The third-order valence-electron chi connectivity index (χ3n) is 3.42. The summed E-state index contributed by atoms with van der Waals surface area (Å²) >= 11 is 12.3. The van der Waals surface area contributed by atoms with Crippen molar-refractivity contribution in [2.45, 2.75) is 25.3 Å². The van der Waals surface area contributed by atoms with Gasteiger partial charge in [-0.3, -0.25) is 9.59 Å². The number of rotatable bonds is 9. The molecule has 0 aliphatic rings. The lowest BCUT2D eigenvalue weighted by Gasteiger charge is -2.13. The van der Waals surface area contributed by atoms with Crippen LogP contribution in [0.3, 0.4) is 0 Å². The van der Waals surface area contributed by atoms with Crippen LogP contribution in [0.5, 0.6) is 5.75 Å². The van der Waals surface area contributed by atoms with Crippen LogP contribution in [0.1, 0.15) is 41.5 Å². The van der Waals surface area contributed by atoms with Crippen molar-refractivity contribution in [3.05, 3.63) is 46.0 Å². The molecule has 7 nitrogen and oxygen atoms in total. The molecule has 0 aliphatic heterocycles. The van der Waals surface area contributed by atoms with E-state index in [1.807, 2.05) is 0 Å². The zero-order valence-corrected chi connectivity index (χ0v) is 14.7. The highest BCUT2D eigenvalue weighted by Gasteiger charge is 2.20. The topological polar surface area (TPSA) is 118 Å². The summed E-state index contributed by atoms with van der Waals surface area (Å²) in [6.07, 6.45) is 3.52. The number of hydrogen-bond acceptors (Lipinski definition) is 5. The lowest BCUT2D eigenvalue weighted by atomic mass is 10.0. The van der Waals surface area contributed by atoms with Crippen LogP contribution in [0.15, 0.2) is 24.5 Å². The number of aliphatic carboxylic acids is 1. The standard InChI is InChI=1S/C16H17Cl2N3O4/c17-14-9(11(22)8-10(19)16-20-5-6-21-16)3-4-12(15(14)18)25-7-1-2-13(23)24/h3-6,10H,1-2,7-8,19H2,(H,20,21)(H,23,24)/t10-/m0/s1. The summed E-state index contributed by atoms with van der Waals surface area (Å²) in [7, 11) is 0. The highest BCUT2D eigenvalue weighted by molar-refractivity contribution is 6.44. The minimum Gasteiger partial charge on any atom is -0.492 e. The van der Waals surface area contributed by atoms with E-state index in [1.54, 1.807) is 12.4 Å². The van der Waals surface area contributed by atoms with E-state index in [0.29, 0.717) is 18.0 Å². The minimum atomic E-state index is -0.901. The zero-order chi connectivity index (χ0) is 18.4. The molecule has 0 spiro atoms. The van der Waals surface area contributed by atoms with Crippen molar-refractivity contribution < 1.29 is 19.4 Å². The van der Waals surface area contributed by atoms with E-state index < -0.39 is 12.0 Å². The maximum absolute atomic E-state index is 12.4. The second-order valence-corrected chi connectivity index (χ2v) is 6.05. The molecule has 0 aliphatic carbocycles. The molecule has 4 N–H and O–H groups in total. The van der Waals surface area contributed by atoms with Gasteiger partial charge >= 0.3 is 5.97 Å². The Morgan fingerprint density at radius 3 is 2.72 bits per heavy atom. The van der Waals surface area contributed by atoms with Crippen molar-refractivity contribution in [2.24, 2.45) is 5.73 Å². The molecule has 9 heteroatoms. The number of nitrogens with two attached hydrogens (primary N) is 1. The number of hydrogen-bond donors (Lipinski definition) is 3. The number of carbonyl (C=O) groups excluding carboxylic acids is 1. The molecule has 0 saturated carbocycles. The predicted molar refractivity (Wildman–Crippen MR) is 93.3 cm³/mol. The Balaban J connectivity index is 2.03. The average Bonchev–Trinajstić information content (AvgIpc) is 3.09. The van der Waals surface area contributed by atoms with Gasteiger partial charge < -0.3 is 20.6 Å². The maximum Gasteiger partial charge on any atom is 0.303 e. The molecule has 1 aromatic carbocycles. The Labute approximate surface area is 154 Å². The van der Waals surface area contributed by atoms with E-state index >= 15 is 0 Å². The first-order valence-electron chi connectivity index (χ1n) is 7.50. The molecule has 0 radical (unpaired) electrons. The van der Waals surface area contributed by atoms with Gasteiger partial charge in [0, 0.05) is 30.8 Å². The zero-order valence-electron chi connectivity index (χ0n) is 13.2. The quantitative estimate of drug-likeness (QED) is 0.450. The van der Waals surface area contributed by atoms with Crippen molar-refractivity contribution in [3.63, 3.8) is 0 Å². The fourth-order valence-corrected chi connectivity index (χ4v) is 2.63. The van der Waals surface area contributed by atoms with E-state index in [4.69, 9.17) is 38.8 Å². The van der Waals surface area contributed by atoms with Crippen LogP contribution in [-0.4, -0.2) is 33.4 Å². The van der Waals surface area contributed by atoms with Crippen LogP contribution >= 0.6 is 23.2 Å². The van der Waals surface area contributed by atoms with Gasteiger partial charge in [-0.05, 0) is 18.6 Å². The molecular weight excluding hydrogens is 369 g/mol. The smallest absolute Gasteiger partial charge is 0.303 e. The lowest BCUT2D eigenvalue weighted by molar-refractivity contribution is -0.137. The number of carboxylic acid groups (broad SMARTS) is 1. The third kappa shape index (κ3) is 5.19. The first-order valence-corrected chi connectivity index (χ1v) is 8.26. The number of imidazole rings is 1. The molecule has 1 aromatic heterocycles. The highest BCUT2D eigenvalue weighted by Crippen LogP contribution is 2.35. The number of halogens is 2. The van der Waals surface area contributed by atoms with Gasteiger partial charge in [-0.15, -0.1) is 0 Å².